The number of likely N-dealkylation sites (tertiary alicyclic amines) is 1. The van der Waals surface area contributed by atoms with Crippen molar-refractivity contribution in [1.29, 1.82) is 5.41 Å². The number of amidine groups is 1. The quantitative estimate of drug-likeness (QED) is 0.544. The predicted molar refractivity (Wildman–Crippen MR) is 58.7 cm³/mol. The van der Waals surface area contributed by atoms with Crippen LogP contribution < -0.4 is 0 Å². The molecule has 1 saturated heterocycles. The van der Waals surface area contributed by atoms with Gasteiger partial charge in [-0.25, -0.2) is 0 Å². The molecule has 1 heterocycles. The van der Waals surface area contributed by atoms with Crippen LogP contribution in [0.2, 0.25) is 0 Å². The van der Waals surface area contributed by atoms with Crippen LogP contribution in [-0.4, -0.2) is 37.5 Å². The molecule has 1 rings (SSSR count). The van der Waals surface area contributed by atoms with Gasteiger partial charge in [0.25, 0.3) is 0 Å². The molecule has 1 aliphatic rings. The van der Waals surface area contributed by atoms with Crippen LogP contribution >= 0.6 is 0 Å². The van der Waals surface area contributed by atoms with E-state index in [0.717, 1.165) is 32.0 Å². The molecule has 1 fully saturated rings. The molecule has 1 N–H and O–H groups in total. The van der Waals surface area contributed by atoms with Crippen LogP contribution in [0.1, 0.15) is 27.2 Å². The number of hydrogen-bond donors (Lipinski definition) is 1. The maximum absolute atomic E-state index is 8.04. The summed E-state index contributed by atoms with van der Waals surface area (Å²) in [4.78, 5) is 2.18. The summed E-state index contributed by atoms with van der Waals surface area (Å²) in [6.07, 6.45) is 1.16. The average Bonchev–Trinajstić information content (AvgIpc) is 2.50. The van der Waals surface area contributed by atoms with Crippen LogP contribution in [0.15, 0.2) is 0 Å². The third kappa shape index (κ3) is 2.71. The van der Waals surface area contributed by atoms with Gasteiger partial charge >= 0.3 is 0 Å². The Morgan fingerprint density at radius 3 is 2.64 bits per heavy atom. The Labute approximate surface area is 86.9 Å². The van der Waals surface area contributed by atoms with E-state index in [2.05, 4.69) is 25.7 Å². The Morgan fingerprint density at radius 1 is 1.50 bits per heavy atom. The zero-order chi connectivity index (χ0) is 10.8. The third-order valence-corrected chi connectivity index (χ3v) is 2.71. The van der Waals surface area contributed by atoms with E-state index in [-0.39, 0.29) is 5.41 Å². The molecule has 0 aromatic carbocycles. The summed E-state index contributed by atoms with van der Waals surface area (Å²) in [6, 6.07) is 0. The Morgan fingerprint density at radius 2 is 2.14 bits per heavy atom. The monoisotopic (exact) mass is 198 g/mol. The van der Waals surface area contributed by atoms with Crippen LogP contribution in [-0.2, 0) is 4.74 Å². The topological polar surface area (TPSA) is 36.3 Å². The fourth-order valence-electron chi connectivity index (χ4n) is 1.88. The van der Waals surface area contributed by atoms with E-state index < -0.39 is 0 Å². The number of ether oxygens (including phenoxy) is 1. The lowest BCUT2D eigenvalue weighted by Gasteiger charge is -2.29. The Bertz CT molecular complexity index is 208. The number of nitrogens with one attached hydrogen (secondary N) is 1. The molecule has 0 aromatic heterocycles. The number of nitrogens with zero attached hydrogens (tertiary/aromatic N) is 1. The summed E-state index contributed by atoms with van der Waals surface area (Å²) in [5, 5.41) is 8.04. The van der Waals surface area contributed by atoms with E-state index in [0.29, 0.717) is 5.92 Å². The summed E-state index contributed by atoms with van der Waals surface area (Å²) in [7, 11) is 1.75. The average molecular weight is 198 g/mol. The van der Waals surface area contributed by atoms with Crippen molar-refractivity contribution in [3.05, 3.63) is 0 Å². The number of hydrogen-bond acceptors (Lipinski definition) is 2. The fraction of sp³-hybridized carbons (Fsp3) is 0.909. The van der Waals surface area contributed by atoms with Crippen LogP contribution in [0.25, 0.3) is 0 Å². The first kappa shape index (κ1) is 11.5. The summed E-state index contributed by atoms with van der Waals surface area (Å²) in [5.74, 6) is 1.37. The second-order valence-electron chi connectivity index (χ2n) is 5.15. The normalized spacial score (nSPS) is 22.9. The summed E-state index contributed by atoms with van der Waals surface area (Å²) < 4.78 is 5.14. The van der Waals surface area contributed by atoms with Gasteiger partial charge < -0.3 is 9.64 Å². The molecule has 0 bridgehead atoms. The second kappa shape index (κ2) is 4.30. The predicted octanol–water partition coefficient (Wildman–Crippen LogP) is 1.98. The summed E-state index contributed by atoms with van der Waals surface area (Å²) >= 11 is 0. The highest BCUT2D eigenvalue weighted by Gasteiger charge is 2.29. The molecule has 0 radical (unpaired) electrons. The van der Waals surface area contributed by atoms with E-state index >= 15 is 0 Å². The van der Waals surface area contributed by atoms with Gasteiger partial charge in [-0.3, -0.25) is 5.41 Å². The first-order chi connectivity index (χ1) is 6.45. The van der Waals surface area contributed by atoms with Crippen molar-refractivity contribution in [2.75, 3.05) is 26.8 Å². The molecule has 3 heteroatoms. The van der Waals surface area contributed by atoms with E-state index in [1.165, 1.54) is 0 Å². The third-order valence-electron chi connectivity index (χ3n) is 2.71. The molecule has 0 aromatic rings. The van der Waals surface area contributed by atoms with Crippen molar-refractivity contribution in [1.82, 2.24) is 4.90 Å². The van der Waals surface area contributed by atoms with Crippen LogP contribution in [0.3, 0.4) is 0 Å². The van der Waals surface area contributed by atoms with Crippen molar-refractivity contribution in [3.63, 3.8) is 0 Å². The zero-order valence-electron chi connectivity index (χ0n) is 9.76. The highest BCUT2D eigenvalue weighted by molar-refractivity contribution is 5.84. The Kier molecular flexibility index (Phi) is 3.53. The van der Waals surface area contributed by atoms with Crippen molar-refractivity contribution in [3.8, 4) is 0 Å². The highest BCUT2D eigenvalue weighted by atomic mass is 16.5. The fourth-order valence-corrected chi connectivity index (χ4v) is 1.88. The standard InChI is InChI=1S/C11H22N2O/c1-11(2,3)10(12)13-6-5-9(7-13)8-14-4/h9,12H,5-8H2,1-4H3. The van der Waals surface area contributed by atoms with Gasteiger partial charge in [0.05, 0.1) is 6.61 Å². The van der Waals surface area contributed by atoms with Crippen LogP contribution in [0.5, 0.6) is 0 Å². The lowest BCUT2D eigenvalue weighted by Crippen LogP contribution is -2.37. The maximum Gasteiger partial charge on any atom is 0.101 e. The molecule has 82 valence electrons. The molecular weight excluding hydrogens is 176 g/mol. The molecule has 1 aliphatic heterocycles. The van der Waals surface area contributed by atoms with Crippen LogP contribution in [0.4, 0.5) is 0 Å². The van der Waals surface area contributed by atoms with Gasteiger partial charge in [0.1, 0.15) is 5.84 Å². The lowest BCUT2D eigenvalue weighted by molar-refractivity contribution is 0.157. The van der Waals surface area contributed by atoms with E-state index in [1.54, 1.807) is 7.11 Å². The van der Waals surface area contributed by atoms with Crippen molar-refractivity contribution in [2.24, 2.45) is 11.3 Å². The maximum atomic E-state index is 8.04. The van der Waals surface area contributed by atoms with Gasteiger partial charge in [0.15, 0.2) is 0 Å². The molecule has 3 nitrogen and oxygen atoms in total. The van der Waals surface area contributed by atoms with E-state index in [1.807, 2.05) is 0 Å². The Hall–Kier alpha value is -0.570. The SMILES string of the molecule is COCC1CCN(C(=N)C(C)(C)C)C1. The van der Waals surface area contributed by atoms with Gasteiger partial charge in [-0.15, -0.1) is 0 Å². The van der Waals surface area contributed by atoms with E-state index in [9.17, 15) is 0 Å². The second-order valence-corrected chi connectivity index (χ2v) is 5.15. The number of methoxy groups -OCH3 is 1. The highest BCUT2D eigenvalue weighted by Crippen LogP contribution is 2.24. The molecule has 0 amide bonds. The first-order valence-electron chi connectivity index (χ1n) is 5.28. The summed E-state index contributed by atoms with van der Waals surface area (Å²) in [5.41, 5.74) is -0.0258. The van der Waals surface area contributed by atoms with E-state index in [4.69, 9.17) is 10.1 Å². The van der Waals surface area contributed by atoms with Crippen molar-refractivity contribution < 1.29 is 4.74 Å². The minimum absolute atomic E-state index is 0.0258. The molecule has 0 saturated carbocycles. The minimum Gasteiger partial charge on any atom is -0.384 e. The zero-order valence-corrected chi connectivity index (χ0v) is 9.76. The molecule has 1 unspecified atom stereocenters. The van der Waals surface area contributed by atoms with Gasteiger partial charge in [-0.1, -0.05) is 20.8 Å². The molecule has 0 spiro atoms. The smallest absolute Gasteiger partial charge is 0.101 e. The van der Waals surface area contributed by atoms with Crippen molar-refractivity contribution >= 4 is 5.84 Å². The minimum atomic E-state index is -0.0258. The van der Waals surface area contributed by atoms with Crippen molar-refractivity contribution in [2.45, 2.75) is 27.2 Å². The molecular formula is C11H22N2O. The molecule has 1 atom stereocenters. The van der Waals surface area contributed by atoms with Gasteiger partial charge in [-0.05, 0) is 6.42 Å². The van der Waals surface area contributed by atoms with Gasteiger partial charge in [-0.2, -0.15) is 0 Å². The summed E-state index contributed by atoms with van der Waals surface area (Å²) in [6.45, 7) is 9.12. The number of rotatable bonds is 2. The largest absolute Gasteiger partial charge is 0.384 e. The Balaban J connectivity index is 2.46. The van der Waals surface area contributed by atoms with Gasteiger partial charge in [0.2, 0.25) is 0 Å². The first-order valence-corrected chi connectivity index (χ1v) is 5.28. The lowest BCUT2D eigenvalue weighted by atomic mass is 9.94. The van der Waals surface area contributed by atoms with Gasteiger partial charge in [0, 0.05) is 31.5 Å². The molecule has 14 heavy (non-hydrogen) atoms. The van der Waals surface area contributed by atoms with Crippen LogP contribution in [0, 0.1) is 16.7 Å². The molecule has 0 aliphatic carbocycles.